The standard InChI is InChI=1S/C13H24N2O4/c1-2-5-11(12(16)17)15-13(18)14-8-9-19-10-6-3-4-7-10/h10-11H,2-9H2,1H3,(H,16,17)(H2,14,15,18)/t11-/m1/s1. The summed E-state index contributed by atoms with van der Waals surface area (Å²) >= 11 is 0. The minimum absolute atomic E-state index is 0.330. The maximum absolute atomic E-state index is 11.5. The van der Waals surface area contributed by atoms with Crippen LogP contribution in [0.15, 0.2) is 0 Å². The minimum atomic E-state index is -1.00. The zero-order valence-corrected chi connectivity index (χ0v) is 11.5. The third-order valence-electron chi connectivity index (χ3n) is 3.22. The van der Waals surface area contributed by atoms with Crippen molar-refractivity contribution in [1.82, 2.24) is 10.6 Å². The van der Waals surface area contributed by atoms with Gasteiger partial charge < -0.3 is 20.5 Å². The average molecular weight is 272 g/mol. The van der Waals surface area contributed by atoms with Crippen molar-refractivity contribution in [2.45, 2.75) is 57.6 Å². The van der Waals surface area contributed by atoms with Crippen molar-refractivity contribution >= 4 is 12.0 Å². The normalized spacial score (nSPS) is 17.1. The third kappa shape index (κ3) is 6.42. The molecule has 0 heterocycles. The quantitative estimate of drug-likeness (QED) is 0.584. The summed E-state index contributed by atoms with van der Waals surface area (Å²) < 4.78 is 5.59. The Morgan fingerprint density at radius 2 is 2.05 bits per heavy atom. The van der Waals surface area contributed by atoms with Crippen LogP contribution in [0.5, 0.6) is 0 Å². The fourth-order valence-corrected chi connectivity index (χ4v) is 2.20. The Hall–Kier alpha value is -1.30. The summed E-state index contributed by atoms with van der Waals surface area (Å²) in [6.07, 6.45) is 6.11. The van der Waals surface area contributed by atoms with Gasteiger partial charge in [0.2, 0.25) is 0 Å². The molecule has 6 heteroatoms. The molecule has 2 amide bonds. The van der Waals surface area contributed by atoms with Crippen molar-refractivity contribution in [2.24, 2.45) is 0 Å². The predicted octanol–water partition coefficient (Wildman–Crippen LogP) is 1.50. The molecule has 3 N–H and O–H groups in total. The molecule has 0 aromatic heterocycles. The van der Waals surface area contributed by atoms with Gasteiger partial charge in [-0.1, -0.05) is 26.2 Å². The molecule has 110 valence electrons. The summed E-state index contributed by atoms with van der Waals surface area (Å²) in [5, 5.41) is 14.0. The number of ether oxygens (including phenoxy) is 1. The first kappa shape index (κ1) is 15.8. The number of aliphatic carboxylic acids is 1. The summed E-state index contributed by atoms with van der Waals surface area (Å²) in [4.78, 5) is 22.3. The molecule has 0 bridgehead atoms. The second kappa shape index (κ2) is 8.74. The van der Waals surface area contributed by atoms with Gasteiger partial charge in [-0.05, 0) is 19.3 Å². The maximum atomic E-state index is 11.5. The van der Waals surface area contributed by atoms with E-state index in [2.05, 4.69) is 10.6 Å². The number of nitrogens with one attached hydrogen (secondary N) is 2. The van der Waals surface area contributed by atoms with Crippen LogP contribution in [0.4, 0.5) is 4.79 Å². The maximum Gasteiger partial charge on any atom is 0.326 e. The highest BCUT2D eigenvalue weighted by atomic mass is 16.5. The van der Waals surface area contributed by atoms with E-state index in [-0.39, 0.29) is 0 Å². The van der Waals surface area contributed by atoms with Gasteiger partial charge in [-0.15, -0.1) is 0 Å². The highest BCUT2D eigenvalue weighted by molar-refractivity contribution is 5.82. The van der Waals surface area contributed by atoms with Gasteiger partial charge in [0.25, 0.3) is 0 Å². The number of carbonyl (C=O) groups excluding carboxylic acids is 1. The van der Waals surface area contributed by atoms with Crippen LogP contribution in [0, 0.1) is 0 Å². The van der Waals surface area contributed by atoms with Gasteiger partial charge in [-0.3, -0.25) is 0 Å². The zero-order valence-electron chi connectivity index (χ0n) is 11.5. The van der Waals surface area contributed by atoms with Gasteiger partial charge in [-0.25, -0.2) is 9.59 Å². The molecule has 0 spiro atoms. The SMILES string of the molecule is CCC[C@@H](NC(=O)NCCOC1CCCC1)C(=O)O. The Kier molecular flexibility index (Phi) is 7.25. The van der Waals surface area contributed by atoms with Crippen molar-refractivity contribution in [2.75, 3.05) is 13.2 Å². The van der Waals surface area contributed by atoms with Gasteiger partial charge in [-0.2, -0.15) is 0 Å². The van der Waals surface area contributed by atoms with Crippen LogP contribution in [0.2, 0.25) is 0 Å². The van der Waals surface area contributed by atoms with E-state index in [1.54, 1.807) is 0 Å². The Labute approximate surface area is 113 Å². The summed E-state index contributed by atoms with van der Waals surface area (Å²) in [5.74, 6) is -1.00. The van der Waals surface area contributed by atoms with Crippen LogP contribution in [0.25, 0.3) is 0 Å². The van der Waals surface area contributed by atoms with Gasteiger partial charge in [0, 0.05) is 6.54 Å². The minimum Gasteiger partial charge on any atom is -0.480 e. The number of hydrogen-bond acceptors (Lipinski definition) is 3. The van der Waals surface area contributed by atoms with Crippen LogP contribution >= 0.6 is 0 Å². The molecular weight excluding hydrogens is 248 g/mol. The molecule has 1 atom stereocenters. The number of carboxylic acid groups (broad SMARTS) is 1. The Bertz CT molecular complexity index is 290. The molecule has 1 rings (SSSR count). The second-order valence-electron chi connectivity index (χ2n) is 4.86. The summed E-state index contributed by atoms with van der Waals surface area (Å²) in [5.41, 5.74) is 0. The fourth-order valence-electron chi connectivity index (χ4n) is 2.20. The summed E-state index contributed by atoms with van der Waals surface area (Å²) in [6, 6.07) is -1.27. The van der Waals surface area contributed by atoms with Crippen molar-refractivity contribution in [3.8, 4) is 0 Å². The Morgan fingerprint density at radius 3 is 2.63 bits per heavy atom. The first-order valence-electron chi connectivity index (χ1n) is 7.02. The predicted molar refractivity (Wildman–Crippen MR) is 71.1 cm³/mol. The molecule has 0 radical (unpaired) electrons. The highest BCUT2D eigenvalue weighted by Gasteiger charge is 2.18. The summed E-state index contributed by atoms with van der Waals surface area (Å²) in [7, 11) is 0. The highest BCUT2D eigenvalue weighted by Crippen LogP contribution is 2.20. The molecule has 0 unspecified atom stereocenters. The largest absolute Gasteiger partial charge is 0.480 e. The number of amides is 2. The molecule has 1 fully saturated rings. The zero-order chi connectivity index (χ0) is 14.1. The van der Waals surface area contributed by atoms with Crippen molar-refractivity contribution < 1.29 is 19.4 Å². The van der Waals surface area contributed by atoms with Gasteiger partial charge >= 0.3 is 12.0 Å². The number of urea groups is 1. The van der Waals surface area contributed by atoms with Crippen molar-refractivity contribution in [1.29, 1.82) is 0 Å². The van der Waals surface area contributed by atoms with E-state index in [0.29, 0.717) is 32.1 Å². The van der Waals surface area contributed by atoms with E-state index in [1.807, 2.05) is 6.92 Å². The lowest BCUT2D eigenvalue weighted by Gasteiger charge is -2.15. The van der Waals surface area contributed by atoms with Crippen LogP contribution in [-0.4, -0.2) is 42.4 Å². The van der Waals surface area contributed by atoms with Crippen LogP contribution in [-0.2, 0) is 9.53 Å². The number of carbonyl (C=O) groups is 2. The van der Waals surface area contributed by atoms with E-state index in [1.165, 1.54) is 12.8 Å². The Balaban J connectivity index is 2.10. The molecule has 1 aliphatic carbocycles. The van der Waals surface area contributed by atoms with Gasteiger partial charge in [0.05, 0.1) is 12.7 Å². The smallest absolute Gasteiger partial charge is 0.326 e. The first-order valence-corrected chi connectivity index (χ1v) is 7.02. The molecule has 1 aliphatic rings. The molecule has 6 nitrogen and oxygen atoms in total. The molecule has 0 aromatic carbocycles. The lowest BCUT2D eigenvalue weighted by Crippen LogP contribution is -2.46. The number of rotatable bonds is 8. The van der Waals surface area contributed by atoms with Crippen LogP contribution < -0.4 is 10.6 Å². The lowest BCUT2D eigenvalue weighted by atomic mass is 10.2. The first-order chi connectivity index (χ1) is 9.13. The van der Waals surface area contributed by atoms with E-state index in [4.69, 9.17) is 9.84 Å². The number of carboxylic acids is 1. The molecule has 0 saturated heterocycles. The summed E-state index contributed by atoms with van der Waals surface area (Å²) in [6.45, 7) is 2.76. The second-order valence-corrected chi connectivity index (χ2v) is 4.86. The molecule has 0 aliphatic heterocycles. The third-order valence-corrected chi connectivity index (χ3v) is 3.22. The molecule has 0 aromatic rings. The monoisotopic (exact) mass is 272 g/mol. The van der Waals surface area contributed by atoms with Gasteiger partial charge in [0.15, 0.2) is 0 Å². The fraction of sp³-hybridized carbons (Fsp3) is 0.846. The van der Waals surface area contributed by atoms with E-state index < -0.39 is 18.0 Å². The van der Waals surface area contributed by atoms with Gasteiger partial charge in [0.1, 0.15) is 6.04 Å². The average Bonchev–Trinajstić information content (AvgIpc) is 2.87. The Morgan fingerprint density at radius 1 is 1.37 bits per heavy atom. The molecule has 19 heavy (non-hydrogen) atoms. The lowest BCUT2D eigenvalue weighted by molar-refractivity contribution is -0.139. The van der Waals surface area contributed by atoms with Crippen LogP contribution in [0.3, 0.4) is 0 Å². The van der Waals surface area contributed by atoms with Crippen molar-refractivity contribution in [3.05, 3.63) is 0 Å². The van der Waals surface area contributed by atoms with E-state index in [0.717, 1.165) is 12.8 Å². The van der Waals surface area contributed by atoms with Crippen LogP contribution in [0.1, 0.15) is 45.4 Å². The topological polar surface area (TPSA) is 87.7 Å². The van der Waals surface area contributed by atoms with E-state index >= 15 is 0 Å². The molecule has 1 saturated carbocycles. The van der Waals surface area contributed by atoms with Crippen molar-refractivity contribution in [3.63, 3.8) is 0 Å². The molecular formula is C13H24N2O4. The number of hydrogen-bond donors (Lipinski definition) is 3. The van der Waals surface area contributed by atoms with E-state index in [9.17, 15) is 9.59 Å².